The van der Waals surface area contributed by atoms with Crippen LogP contribution < -0.4 is 20.3 Å². The number of ether oxygens (including phenoxy) is 2. The monoisotopic (exact) mass is 383 g/mol. The van der Waals surface area contributed by atoms with Gasteiger partial charge >= 0.3 is 5.56 Å². The van der Waals surface area contributed by atoms with Crippen molar-refractivity contribution >= 4 is 11.6 Å². The average molecular weight is 383 g/mol. The van der Waals surface area contributed by atoms with Crippen molar-refractivity contribution in [2.24, 2.45) is 0 Å². The third-order valence-corrected chi connectivity index (χ3v) is 4.37. The Morgan fingerprint density at radius 3 is 2.64 bits per heavy atom. The van der Waals surface area contributed by atoms with Gasteiger partial charge < -0.3 is 19.4 Å². The van der Waals surface area contributed by atoms with Crippen LogP contribution in [-0.4, -0.2) is 23.8 Å². The topological polar surface area (TPSA) is 65.4 Å². The van der Waals surface area contributed by atoms with Gasteiger partial charge in [-0.1, -0.05) is 19.1 Å². The number of methoxy groups -OCH3 is 2. The van der Waals surface area contributed by atoms with E-state index in [1.807, 2.05) is 31.2 Å². The summed E-state index contributed by atoms with van der Waals surface area (Å²) >= 11 is 0. The molecule has 0 atom stereocenters. The quantitative estimate of drug-likeness (QED) is 0.673. The van der Waals surface area contributed by atoms with Gasteiger partial charge in [-0.3, -0.25) is 4.79 Å². The third-order valence-electron chi connectivity index (χ3n) is 4.37. The molecule has 0 spiro atoms. The first kappa shape index (κ1) is 19.4. The van der Waals surface area contributed by atoms with E-state index in [1.165, 1.54) is 19.2 Å². The highest BCUT2D eigenvalue weighted by Crippen LogP contribution is 2.25. The molecule has 1 N–H and O–H groups in total. The number of aromatic nitrogens is 2. The van der Waals surface area contributed by atoms with Gasteiger partial charge in [0.15, 0.2) is 0 Å². The zero-order valence-electron chi connectivity index (χ0n) is 16.0. The molecule has 1 heterocycles. The molecular weight excluding hydrogens is 361 g/mol. The van der Waals surface area contributed by atoms with Crippen LogP contribution in [0.1, 0.15) is 18.1 Å². The number of nitrogens with one attached hydrogen (secondary N) is 1. The minimum atomic E-state index is -0.480. The van der Waals surface area contributed by atoms with Crippen LogP contribution in [0.4, 0.5) is 16.0 Å². The second-order valence-electron chi connectivity index (χ2n) is 6.20. The SMILES string of the molecule is CCc1cc(OC)ccc1Nc1nc(=O)c(OC)cn1Cc1cccc(F)c1. The number of anilines is 2. The van der Waals surface area contributed by atoms with Crippen molar-refractivity contribution in [3.05, 3.63) is 76.0 Å². The van der Waals surface area contributed by atoms with Gasteiger partial charge in [-0.05, 0) is 47.9 Å². The van der Waals surface area contributed by atoms with Crippen molar-refractivity contribution in [2.45, 2.75) is 19.9 Å². The predicted octanol–water partition coefficient (Wildman–Crippen LogP) is 3.75. The summed E-state index contributed by atoms with van der Waals surface area (Å²) in [5.41, 5.74) is 2.09. The zero-order valence-corrected chi connectivity index (χ0v) is 16.0. The van der Waals surface area contributed by atoms with Crippen LogP contribution in [0.25, 0.3) is 0 Å². The molecular formula is C21H22FN3O3. The van der Waals surface area contributed by atoms with Crippen molar-refractivity contribution < 1.29 is 13.9 Å². The lowest BCUT2D eigenvalue weighted by Gasteiger charge is -2.17. The van der Waals surface area contributed by atoms with Crippen molar-refractivity contribution in [1.29, 1.82) is 0 Å². The minimum Gasteiger partial charge on any atom is -0.497 e. The van der Waals surface area contributed by atoms with Gasteiger partial charge in [0.25, 0.3) is 0 Å². The number of benzene rings is 2. The Balaban J connectivity index is 2.02. The van der Waals surface area contributed by atoms with Gasteiger partial charge in [-0.15, -0.1) is 0 Å². The summed E-state index contributed by atoms with van der Waals surface area (Å²) in [6.45, 7) is 2.35. The van der Waals surface area contributed by atoms with E-state index < -0.39 is 5.56 Å². The predicted molar refractivity (Wildman–Crippen MR) is 106 cm³/mol. The molecule has 2 aromatic carbocycles. The van der Waals surface area contributed by atoms with E-state index in [0.717, 1.165) is 29.0 Å². The van der Waals surface area contributed by atoms with E-state index >= 15 is 0 Å². The molecule has 3 aromatic rings. The number of halogens is 1. The Hall–Kier alpha value is -3.35. The summed E-state index contributed by atoms with van der Waals surface area (Å²) in [4.78, 5) is 16.3. The highest BCUT2D eigenvalue weighted by Gasteiger charge is 2.12. The van der Waals surface area contributed by atoms with Crippen LogP contribution in [0.5, 0.6) is 11.5 Å². The molecule has 28 heavy (non-hydrogen) atoms. The maximum atomic E-state index is 13.6. The van der Waals surface area contributed by atoms with Crippen molar-refractivity contribution in [1.82, 2.24) is 9.55 Å². The average Bonchev–Trinajstić information content (AvgIpc) is 2.70. The molecule has 0 saturated heterocycles. The molecule has 0 aliphatic carbocycles. The van der Waals surface area contributed by atoms with Crippen LogP contribution in [-0.2, 0) is 13.0 Å². The molecule has 0 saturated carbocycles. The lowest BCUT2D eigenvalue weighted by Crippen LogP contribution is -2.19. The van der Waals surface area contributed by atoms with E-state index in [1.54, 1.807) is 23.9 Å². The lowest BCUT2D eigenvalue weighted by atomic mass is 10.1. The Labute approximate surface area is 162 Å². The second-order valence-corrected chi connectivity index (χ2v) is 6.20. The van der Waals surface area contributed by atoms with Crippen LogP contribution in [0, 0.1) is 5.82 Å². The first-order chi connectivity index (χ1) is 13.5. The largest absolute Gasteiger partial charge is 0.497 e. The van der Waals surface area contributed by atoms with E-state index in [9.17, 15) is 9.18 Å². The molecule has 0 amide bonds. The Kier molecular flexibility index (Phi) is 5.93. The Bertz CT molecular complexity index is 1030. The second kappa shape index (κ2) is 8.56. The van der Waals surface area contributed by atoms with E-state index in [2.05, 4.69) is 10.3 Å². The number of hydrogen-bond donors (Lipinski definition) is 1. The summed E-state index contributed by atoms with van der Waals surface area (Å²) < 4.78 is 25.7. The molecule has 3 rings (SSSR count). The van der Waals surface area contributed by atoms with Gasteiger partial charge in [0.05, 0.1) is 27.0 Å². The van der Waals surface area contributed by atoms with Crippen LogP contribution in [0.2, 0.25) is 0 Å². The van der Waals surface area contributed by atoms with E-state index in [-0.39, 0.29) is 11.6 Å². The smallest absolute Gasteiger partial charge is 0.316 e. The minimum absolute atomic E-state index is 0.118. The number of nitrogens with zero attached hydrogens (tertiary/aromatic N) is 2. The fourth-order valence-electron chi connectivity index (χ4n) is 2.90. The Morgan fingerprint density at radius 2 is 1.96 bits per heavy atom. The van der Waals surface area contributed by atoms with Gasteiger partial charge in [-0.25, -0.2) is 4.39 Å². The first-order valence-electron chi connectivity index (χ1n) is 8.88. The van der Waals surface area contributed by atoms with Gasteiger partial charge in [-0.2, -0.15) is 4.98 Å². The molecule has 7 heteroatoms. The summed E-state index contributed by atoms with van der Waals surface area (Å²) in [6, 6.07) is 11.9. The van der Waals surface area contributed by atoms with Gasteiger partial charge in [0.2, 0.25) is 11.7 Å². The first-order valence-corrected chi connectivity index (χ1v) is 8.88. The summed E-state index contributed by atoms with van der Waals surface area (Å²) in [6.07, 6.45) is 2.33. The molecule has 0 fully saturated rings. The number of rotatable bonds is 7. The zero-order chi connectivity index (χ0) is 20.1. The molecule has 146 valence electrons. The fraction of sp³-hybridized carbons (Fsp3) is 0.238. The summed E-state index contributed by atoms with van der Waals surface area (Å²) in [5.74, 6) is 0.890. The standard InChI is InChI=1S/C21H22FN3O3/c1-4-15-11-17(27-2)8-9-18(15)23-21-24-20(26)19(28-3)13-25(21)12-14-6-5-7-16(22)10-14/h5-11,13H,4,12H2,1-3H3,(H,23,24,26). The normalized spacial score (nSPS) is 10.6. The highest BCUT2D eigenvalue weighted by molar-refractivity contribution is 5.61. The van der Waals surface area contributed by atoms with Crippen LogP contribution in [0.3, 0.4) is 0 Å². The molecule has 6 nitrogen and oxygen atoms in total. The fourth-order valence-corrected chi connectivity index (χ4v) is 2.90. The molecule has 0 unspecified atom stereocenters. The summed E-state index contributed by atoms with van der Waals surface area (Å²) in [5, 5.41) is 3.22. The summed E-state index contributed by atoms with van der Waals surface area (Å²) in [7, 11) is 3.03. The van der Waals surface area contributed by atoms with E-state index in [0.29, 0.717) is 12.5 Å². The van der Waals surface area contributed by atoms with Crippen molar-refractivity contribution in [2.75, 3.05) is 19.5 Å². The van der Waals surface area contributed by atoms with Crippen LogP contribution in [0.15, 0.2) is 53.5 Å². The lowest BCUT2D eigenvalue weighted by molar-refractivity contribution is 0.402. The third kappa shape index (κ3) is 4.31. The maximum absolute atomic E-state index is 13.6. The van der Waals surface area contributed by atoms with Crippen molar-refractivity contribution in [3.8, 4) is 11.5 Å². The number of aryl methyl sites for hydroxylation is 1. The van der Waals surface area contributed by atoms with E-state index in [4.69, 9.17) is 9.47 Å². The van der Waals surface area contributed by atoms with Gasteiger partial charge in [0.1, 0.15) is 11.6 Å². The molecule has 0 aliphatic heterocycles. The molecule has 0 radical (unpaired) electrons. The number of hydrogen-bond acceptors (Lipinski definition) is 5. The van der Waals surface area contributed by atoms with Crippen molar-refractivity contribution in [3.63, 3.8) is 0 Å². The van der Waals surface area contributed by atoms with Gasteiger partial charge in [0, 0.05) is 5.69 Å². The maximum Gasteiger partial charge on any atom is 0.316 e. The Morgan fingerprint density at radius 1 is 1.14 bits per heavy atom. The highest BCUT2D eigenvalue weighted by atomic mass is 19.1. The molecule has 0 bridgehead atoms. The van der Waals surface area contributed by atoms with Crippen LogP contribution >= 0.6 is 0 Å². The molecule has 0 aliphatic rings. The molecule has 1 aromatic heterocycles.